The number of tetrazole rings is 1. The Hall–Kier alpha value is 0.0295. The Kier molecular flexibility index (Phi) is 3.32. The van der Waals surface area contributed by atoms with Gasteiger partial charge in [-0.3, -0.25) is 0 Å². The molecule has 2 rings (SSSR count). The van der Waals surface area contributed by atoms with Crippen molar-refractivity contribution in [2.75, 3.05) is 0 Å². The van der Waals surface area contributed by atoms with Crippen LogP contribution in [0.4, 0.5) is 0 Å². The van der Waals surface area contributed by atoms with Gasteiger partial charge in [-0.2, -0.15) is 0 Å². The fraction of sp³-hybridized carbons (Fsp3) is 0.500. The third-order valence-corrected chi connectivity index (χ3v) is 6.94. The van der Waals surface area contributed by atoms with Crippen LogP contribution in [0.1, 0.15) is 0 Å². The fourth-order valence-electron chi connectivity index (χ4n) is 0.833. The molecule has 0 bridgehead atoms. The quantitative estimate of drug-likeness (QED) is 0.755. The van der Waals surface area contributed by atoms with Gasteiger partial charge in [-0.05, 0) is 0 Å². The Morgan fingerprint density at radius 3 is 3.31 bits per heavy atom. The van der Waals surface area contributed by atoms with Crippen LogP contribution in [0.3, 0.4) is 0 Å². The number of rotatable bonds is 2. The zero-order chi connectivity index (χ0) is 9.10. The molecule has 0 saturated carbocycles. The summed E-state index contributed by atoms with van der Waals surface area (Å²) in [5.74, 6) is 0. The van der Waals surface area contributed by atoms with E-state index in [0.29, 0.717) is 19.5 Å². The van der Waals surface area contributed by atoms with E-state index in [-0.39, 0.29) is 0 Å². The van der Waals surface area contributed by atoms with E-state index in [1.165, 1.54) is 5.32 Å². The van der Waals surface area contributed by atoms with Gasteiger partial charge in [-0.1, -0.05) is 0 Å². The molecule has 70 valence electrons. The molecular weight excluding hydrogens is 271 g/mol. The van der Waals surface area contributed by atoms with E-state index < -0.39 is 0 Å². The second kappa shape index (κ2) is 4.50. The van der Waals surface area contributed by atoms with Crippen molar-refractivity contribution in [1.29, 1.82) is 0 Å². The van der Waals surface area contributed by atoms with Crippen molar-refractivity contribution < 1.29 is 0 Å². The van der Waals surface area contributed by atoms with Crippen LogP contribution >= 0.6 is 23.5 Å². The van der Waals surface area contributed by atoms with Crippen molar-refractivity contribution >= 4 is 38.5 Å². The van der Waals surface area contributed by atoms with E-state index in [9.17, 15) is 0 Å². The van der Waals surface area contributed by atoms with E-state index >= 15 is 0 Å². The average molecular weight is 279 g/mol. The van der Waals surface area contributed by atoms with E-state index in [1.54, 1.807) is 16.4 Å². The van der Waals surface area contributed by atoms with E-state index in [0.717, 1.165) is 5.16 Å². The number of hydrogen-bond donors (Lipinski definition) is 0. The molecule has 1 aliphatic rings. The molecule has 0 aliphatic carbocycles. The summed E-state index contributed by atoms with van der Waals surface area (Å²) in [6, 6.07) is 0. The zero-order valence-electron chi connectivity index (χ0n) is 6.95. The van der Waals surface area contributed by atoms with Crippen molar-refractivity contribution in [3.05, 3.63) is 10.4 Å². The number of hydrogen-bond acceptors (Lipinski definition) is 5. The normalized spacial score (nSPS) is 22.1. The van der Waals surface area contributed by atoms with Gasteiger partial charge in [-0.25, -0.2) is 0 Å². The summed E-state index contributed by atoms with van der Waals surface area (Å²) >= 11 is 4.27. The standard InChI is InChI=1S/C6H8N4S2Se/c1-10-6(7-8-9-10)12-5-4-13-3-2-11-5/h2-3,5H,4H2,1H3. The number of aromatic nitrogens is 4. The van der Waals surface area contributed by atoms with Gasteiger partial charge in [0, 0.05) is 0 Å². The second-order valence-corrected chi connectivity index (χ2v) is 6.93. The van der Waals surface area contributed by atoms with Gasteiger partial charge in [0.05, 0.1) is 0 Å². The summed E-state index contributed by atoms with van der Waals surface area (Å²) in [6.45, 7) is 0. The van der Waals surface area contributed by atoms with E-state index in [1.807, 2.05) is 18.8 Å². The van der Waals surface area contributed by atoms with Crippen molar-refractivity contribution in [2.24, 2.45) is 7.05 Å². The summed E-state index contributed by atoms with van der Waals surface area (Å²) in [5.41, 5.74) is 0. The number of aryl methyl sites for hydroxylation is 1. The van der Waals surface area contributed by atoms with Crippen LogP contribution < -0.4 is 0 Å². The molecule has 0 N–H and O–H groups in total. The van der Waals surface area contributed by atoms with Crippen molar-refractivity contribution in [3.8, 4) is 0 Å². The molecule has 1 aromatic rings. The molecule has 4 nitrogen and oxygen atoms in total. The van der Waals surface area contributed by atoms with Crippen LogP contribution in [0.5, 0.6) is 0 Å². The van der Waals surface area contributed by atoms with Crippen molar-refractivity contribution in [3.63, 3.8) is 0 Å². The summed E-state index contributed by atoms with van der Waals surface area (Å²) in [5, 5.41) is 15.7. The van der Waals surface area contributed by atoms with Crippen LogP contribution in [0.15, 0.2) is 15.5 Å². The van der Waals surface area contributed by atoms with E-state index in [4.69, 9.17) is 0 Å². The zero-order valence-corrected chi connectivity index (χ0v) is 10.3. The molecule has 13 heavy (non-hydrogen) atoms. The topological polar surface area (TPSA) is 43.6 Å². The molecule has 0 aromatic carbocycles. The Morgan fingerprint density at radius 2 is 2.69 bits per heavy atom. The molecule has 0 radical (unpaired) electrons. The molecule has 0 fully saturated rings. The summed E-state index contributed by atoms with van der Waals surface area (Å²) < 4.78 is 2.31. The molecule has 1 unspecified atom stereocenters. The van der Waals surface area contributed by atoms with Crippen molar-refractivity contribution in [1.82, 2.24) is 20.2 Å². The van der Waals surface area contributed by atoms with Gasteiger partial charge >= 0.3 is 91.2 Å². The minimum absolute atomic E-state index is 0.592. The molecule has 1 aromatic heterocycles. The second-order valence-electron chi connectivity index (χ2n) is 2.37. The molecule has 2 heterocycles. The first-order valence-electron chi connectivity index (χ1n) is 3.67. The number of nitrogens with zero attached hydrogens (tertiary/aromatic N) is 4. The average Bonchev–Trinajstić information content (AvgIpc) is 2.54. The van der Waals surface area contributed by atoms with E-state index in [2.05, 4.69) is 25.9 Å². The molecule has 1 atom stereocenters. The van der Waals surface area contributed by atoms with Gasteiger partial charge in [0.25, 0.3) is 0 Å². The molecule has 0 spiro atoms. The fourth-order valence-corrected chi connectivity index (χ4v) is 5.68. The van der Waals surface area contributed by atoms with Crippen LogP contribution in [-0.4, -0.2) is 39.7 Å². The van der Waals surface area contributed by atoms with Crippen molar-refractivity contribution in [2.45, 2.75) is 15.1 Å². The third-order valence-electron chi connectivity index (χ3n) is 1.43. The monoisotopic (exact) mass is 280 g/mol. The Morgan fingerprint density at radius 1 is 1.77 bits per heavy atom. The summed E-state index contributed by atoms with van der Waals surface area (Å²) in [7, 11) is 1.87. The van der Waals surface area contributed by atoms with Crippen LogP contribution in [0.2, 0.25) is 5.32 Å². The molecule has 7 heteroatoms. The first-order valence-corrected chi connectivity index (χ1v) is 7.69. The Balaban J connectivity index is 1.98. The van der Waals surface area contributed by atoms with Gasteiger partial charge in [0.1, 0.15) is 0 Å². The Labute approximate surface area is 91.1 Å². The summed E-state index contributed by atoms with van der Waals surface area (Å²) in [6.07, 6.45) is 0. The van der Waals surface area contributed by atoms with Crippen LogP contribution in [0.25, 0.3) is 0 Å². The van der Waals surface area contributed by atoms with Gasteiger partial charge in [-0.15, -0.1) is 0 Å². The SMILES string of the molecule is Cn1nnnc1SC1C[Se]C=CS1. The Bertz CT molecular complexity index is 313. The summed E-state index contributed by atoms with van der Waals surface area (Å²) in [4.78, 5) is 2.27. The predicted octanol–water partition coefficient (Wildman–Crippen LogP) is 0.969. The van der Waals surface area contributed by atoms with Gasteiger partial charge in [0.15, 0.2) is 0 Å². The molecule has 0 saturated heterocycles. The van der Waals surface area contributed by atoms with Gasteiger partial charge in [0.2, 0.25) is 0 Å². The number of thioether (sulfide) groups is 2. The predicted molar refractivity (Wildman–Crippen MR) is 55.7 cm³/mol. The molecular formula is C6H8N4S2Se. The minimum atomic E-state index is 0.592. The molecule has 0 amide bonds. The molecule has 1 aliphatic heterocycles. The van der Waals surface area contributed by atoms with Crippen LogP contribution in [-0.2, 0) is 7.05 Å². The van der Waals surface area contributed by atoms with Crippen LogP contribution in [0, 0.1) is 0 Å². The van der Waals surface area contributed by atoms with Gasteiger partial charge < -0.3 is 0 Å². The first kappa shape index (κ1) is 9.58. The maximum atomic E-state index is 3.94. The first-order chi connectivity index (χ1) is 6.36. The maximum absolute atomic E-state index is 3.94. The third kappa shape index (κ3) is 2.49.